The molecule has 5 aliphatic rings. The van der Waals surface area contributed by atoms with Gasteiger partial charge in [-0.25, -0.2) is 0 Å². The fraction of sp³-hybridized carbons (Fsp3) is 0.810. The molecule has 3 saturated carbocycles. The van der Waals surface area contributed by atoms with Crippen molar-refractivity contribution < 1.29 is 23.8 Å². The number of ether oxygens (including phenoxy) is 3. The Bertz CT molecular complexity index is 701. The maximum atomic E-state index is 13.2. The molecule has 26 heavy (non-hydrogen) atoms. The molecule has 0 N–H and O–H groups in total. The normalized spacial score (nSPS) is 52.8. The van der Waals surface area contributed by atoms with Crippen molar-refractivity contribution in [2.24, 2.45) is 34.0 Å². The molecule has 2 heterocycles. The molecule has 2 bridgehead atoms. The summed E-state index contributed by atoms with van der Waals surface area (Å²) in [6, 6.07) is 0. The van der Waals surface area contributed by atoms with E-state index in [4.69, 9.17) is 14.2 Å². The van der Waals surface area contributed by atoms with Crippen molar-refractivity contribution in [3.63, 3.8) is 0 Å². The third-order valence-electron chi connectivity index (χ3n) is 8.53. The van der Waals surface area contributed by atoms with Crippen LogP contribution in [0.1, 0.15) is 45.4 Å². The van der Waals surface area contributed by atoms with Gasteiger partial charge in [-0.2, -0.15) is 0 Å². The number of methoxy groups -OCH3 is 1. The van der Waals surface area contributed by atoms with E-state index in [1.54, 1.807) is 7.11 Å². The van der Waals surface area contributed by atoms with E-state index in [-0.39, 0.29) is 46.6 Å². The average Bonchev–Trinajstić information content (AvgIpc) is 3.08. The summed E-state index contributed by atoms with van der Waals surface area (Å²) in [4.78, 5) is 26.2. The lowest BCUT2D eigenvalue weighted by molar-refractivity contribution is -0.228. The topological polar surface area (TPSA) is 61.8 Å². The van der Waals surface area contributed by atoms with Gasteiger partial charge >= 0.3 is 5.97 Å². The van der Waals surface area contributed by atoms with Gasteiger partial charge in [-0.05, 0) is 54.9 Å². The van der Waals surface area contributed by atoms with Crippen LogP contribution in [-0.4, -0.2) is 38.4 Å². The zero-order valence-corrected chi connectivity index (χ0v) is 15.7. The van der Waals surface area contributed by atoms with E-state index < -0.39 is 5.41 Å². The number of Topliss-reactive ketones (excluding diaryl/α,β-unsaturated/α-hetero) is 1. The van der Waals surface area contributed by atoms with E-state index in [2.05, 4.69) is 13.5 Å². The second-order valence-electron chi connectivity index (χ2n) is 9.57. The van der Waals surface area contributed by atoms with Gasteiger partial charge in [0.2, 0.25) is 0 Å². The second kappa shape index (κ2) is 5.20. The third-order valence-corrected chi connectivity index (χ3v) is 8.53. The molecule has 2 saturated heterocycles. The van der Waals surface area contributed by atoms with Gasteiger partial charge < -0.3 is 14.2 Å². The van der Waals surface area contributed by atoms with Gasteiger partial charge in [-0.1, -0.05) is 19.9 Å². The number of rotatable bonds is 1. The lowest BCUT2D eigenvalue weighted by Gasteiger charge is -2.60. The number of carbonyl (C=O) groups is 2. The molecule has 0 aromatic rings. The minimum atomic E-state index is -1.00. The fourth-order valence-corrected chi connectivity index (χ4v) is 7.51. The Labute approximate surface area is 154 Å². The van der Waals surface area contributed by atoms with Gasteiger partial charge in [0.25, 0.3) is 0 Å². The van der Waals surface area contributed by atoms with E-state index in [0.717, 1.165) is 32.1 Å². The average molecular weight is 360 g/mol. The highest BCUT2D eigenvalue weighted by Crippen LogP contribution is 2.69. The largest absolute Gasteiger partial charge is 0.464 e. The molecule has 2 aliphatic heterocycles. The summed E-state index contributed by atoms with van der Waals surface area (Å²) < 4.78 is 17.6. The molecule has 2 spiro atoms. The minimum Gasteiger partial charge on any atom is -0.464 e. The molecule has 5 fully saturated rings. The van der Waals surface area contributed by atoms with Crippen LogP contribution in [0, 0.1) is 34.0 Å². The molecular formula is C21H28O5. The first kappa shape index (κ1) is 16.9. The van der Waals surface area contributed by atoms with Crippen LogP contribution < -0.4 is 0 Å². The van der Waals surface area contributed by atoms with Crippen LogP contribution in [0.2, 0.25) is 0 Å². The Morgan fingerprint density at radius 2 is 2.00 bits per heavy atom. The fourth-order valence-electron chi connectivity index (χ4n) is 7.51. The molecule has 0 radical (unpaired) electrons. The van der Waals surface area contributed by atoms with Gasteiger partial charge in [0, 0.05) is 18.4 Å². The van der Waals surface area contributed by atoms with Crippen LogP contribution in [0.15, 0.2) is 12.2 Å². The van der Waals surface area contributed by atoms with E-state index in [1.807, 2.05) is 0 Å². The summed E-state index contributed by atoms with van der Waals surface area (Å²) in [6.45, 7) is 7.39. The first-order valence-corrected chi connectivity index (χ1v) is 9.94. The molecule has 5 rings (SSSR count). The zero-order chi connectivity index (χ0) is 18.3. The van der Waals surface area contributed by atoms with Crippen molar-refractivity contribution in [1.82, 2.24) is 0 Å². The summed E-state index contributed by atoms with van der Waals surface area (Å²) in [5.74, 6) is -0.0319. The third kappa shape index (κ3) is 1.74. The van der Waals surface area contributed by atoms with Crippen molar-refractivity contribution >= 4 is 11.8 Å². The number of allylic oxidation sites excluding steroid dienone is 1. The maximum absolute atomic E-state index is 13.2. The summed E-state index contributed by atoms with van der Waals surface area (Å²) in [6.07, 6.45) is 5.30. The predicted molar refractivity (Wildman–Crippen MR) is 93.0 cm³/mol. The zero-order valence-electron chi connectivity index (χ0n) is 15.7. The van der Waals surface area contributed by atoms with Crippen LogP contribution >= 0.6 is 0 Å². The number of carbonyl (C=O) groups excluding carboxylic acids is 2. The molecule has 0 amide bonds. The minimum absolute atomic E-state index is 0.0133. The number of ketones is 1. The van der Waals surface area contributed by atoms with Crippen LogP contribution in [0.25, 0.3) is 0 Å². The van der Waals surface area contributed by atoms with Gasteiger partial charge in [0.15, 0.2) is 12.1 Å². The maximum Gasteiger partial charge on any atom is 0.320 e. The summed E-state index contributed by atoms with van der Waals surface area (Å²) >= 11 is 0. The number of hydrogen-bond donors (Lipinski definition) is 0. The smallest absolute Gasteiger partial charge is 0.320 e. The number of fused-ring (bicyclic) bond motifs is 4. The van der Waals surface area contributed by atoms with Crippen molar-refractivity contribution in [1.29, 1.82) is 0 Å². The Morgan fingerprint density at radius 3 is 2.77 bits per heavy atom. The van der Waals surface area contributed by atoms with E-state index in [9.17, 15) is 9.59 Å². The number of hydrogen-bond acceptors (Lipinski definition) is 5. The van der Waals surface area contributed by atoms with Crippen LogP contribution in [0.5, 0.6) is 0 Å². The van der Waals surface area contributed by atoms with E-state index in [1.165, 1.54) is 0 Å². The van der Waals surface area contributed by atoms with Crippen molar-refractivity contribution in [2.75, 3.05) is 20.3 Å². The molecule has 0 aromatic carbocycles. The number of cyclic esters (lactones) is 1. The molecule has 0 unspecified atom stereocenters. The second-order valence-corrected chi connectivity index (χ2v) is 9.57. The van der Waals surface area contributed by atoms with Crippen LogP contribution in [-0.2, 0) is 23.8 Å². The van der Waals surface area contributed by atoms with Gasteiger partial charge in [0.05, 0.1) is 13.2 Å². The lowest BCUT2D eigenvalue weighted by atomic mass is 9.45. The quantitative estimate of drug-likeness (QED) is 0.409. The molecule has 5 heteroatoms. The van der Waals surface area contributed by atoms with Crippen LogP contribution in [0.4, 0.5) is 0 Å². The summed E-state index contributed by atoms with van der Waals surface area (Å²) in [7, 11) is 1.70. The Balaban J connectivity index is 1.66. The van der Waals surface area contributed by atoms with Gasteiger partial charge in [0.1, 0.15) is 5.41 Å². The Morgan fingerprint density at radius 1 is 1.19 bits per heavy atom. The van der Waals surface area contributed by atoms with Crippen molar-refractivity contribution in [2.45, 2.75) is 51.7 Å². The molecule has 0 aromatic heterocycles. The monoisotopic (exact) mass is 360 g/mol. The van der Waals surface area contributed by atoms with Crippen LogP contribution in [0.3, 0.4) is 0 Å². The lowest BCUT2D eigenvalue weighted by Crippen LogP contribution is -2.64. The SMILES string of the molecule is C=C1C(=O)[C@]23C[C@H]1CC[C@H]2[C@@]1(CCC[C@@]2(C)CO[C@@H](OC)[C@H]21)COC3=O. The summed E-state index contributed by atoms with van der Waals surface area (Å²) in [5.41, 5.74) is -0.578. The Kier molecular flexibility index (Phi) is 3.38. The molecule has 7 atom stereocenters. The molecule has 3 aliphatic carbocycles. The highest BCUT2D eigenvalue weighted by molar-refractivity contribution is 6.15. The first-order valence-electron chi connectivity index (χ1n) is 9.94. The van der Waals surface area contributed by atoms with E-state index >= 15 is 0 Å². The molecule has 5 nitrogen and oxygen atoms in total. The molecular weight excluding hydrogens is 332 g/mol. The van der Waals surface area contributed by atoms with Gasteiger partial charge in [-0.3, -0.25) is 9.59 Å². The standard InChI is InChI=1S/C21H28O5/c1-12-13-5-6-14-20(11-26-18(23)21(14,9-13)16(12)22)8-4-7-19(2)10-25-17(24-3)15(19)20/h13-15,17H,1,4-11H2,2-3H3/t13-,14+,15-,17-,19+,20-,21+/m1/s1. The predicted octanol–water partition coefficient (Wildman–Crippen LogP) is 2.88. The van der Waals surface area contributed by atoms with Crippen molar-refractivity contribution in [3.05, 3.63) is 12.2 Å². The van der Waals surface area contributed by atoms with E-state index in [0.29, 0.717) is 25.2 Å². The molecule has 142 valence electrons. The summed E-state index contributed by atoms with van der Waals surface area (Å²) in [5, 5.41) is 0. The van der Waals surface area contributed by atoms with Crippen molar-refractivity contribution in [3.8, 4) is 0 Å². The Hall–Kier alpha value is -1.20. The first-order chi connectivity index (χ1) is 12.4. The van der Waals surface area contributed by atoms with Gasteiger partial charge in [-0.15, -0.1) is 0 Å². The number of esters is 1. The highest BCUT2D eigenvalue weighted by Gasteiger charge is 2.73. The highest BCUT2D eigenvalue weighted by atomic mass is 16.7.